The first-order valence-electron chi connectivity index (χ1n) is 10.0. The summed E-state index contributed by atoms with van der Waals surface area (Å²) in [4.78, 5) is 16.8. The maximum absolute atomic E-state index is 12.6. The number of amides is 1. The van der Waals surface area contributed by atoms with Crippen LogP contribution in [-0.4, -0.2) is 52.5 Å². The molecule has 1 aromatic rings. The highest BCUT2D eigenvalue weighted by molar-refractivity contribution is 7.89. The average Bonchev–Trinajstić information content (AvgIpc) is 3.01. The fourth-order valence-electron chi connectivity index (χ4n) is 3.64. The molecule has 0 radical (unpaired) electrons. The zero-order chi connectivity index (χ0) is 19.4. The van der Waals surface area contributed by atoms with Gasteiger partial charge in [0.2, 0.25) is 15.9 Å². The number of hydrogen-bond donors (Lipinski definition) is 1. The topological polar surface area (TPSA) is 69.7 Å². The molecule has 0 spiro atoms. The van der Waals surface area contributed by atoms with E-state index in [1.165, 1.54) is 0 Å². The number of likely N-dealkylation sites (N-methyl/N-ethyl adjacent to an activating group) is 1. The normalized spacial score (nSPS) is 17.2. The van der Waals surface area contributed by atoms with Gasteiger partial charge in [-0.3, -0.25) is 4.79 Å². The number of carbonyl (C=O) groups excluding carboxylic acids is 1. The van der Waals surface area contributed by atoms with Crippen LogP contribution in [0, 0.1) is 5.92 Å². The number of nitrogens with zero attached hydrogens (tertiary/aromatic N) is 2. The van der Waals surface area contributed by atoms with Crippen molar-refractivity contribution in [2.45, 2.75) is 50.3 Å². The van der Waals surface area contributed by atoms with Crippen molar-refractivity contribution in [1.29, 1.82) is 0 Å². The minimum Gasteiger partial charge on any atom is -0.312 e. The lowest BCUT2D eigenvalue weighted by Gasteiger charge is -2.29. The Morgan fingerprint density at radius 2 is 2.07 bits per heavy atom. The molecule has 0 saturated heterocycles. The van der Waals surface area contributed by atoms with Crippen LogP contribution in [0.25, 0.3) is 0 Å². The second-order valence-corrected chi connectivity index (χ2v) is 9.48. The monoisotopic (exact) mass is 393 g/mol. The Morgan fingerprint density at radius 3 is 2.74 bits per heavy atom. The molecule has 0 unspecified atom stereocenters. The van der Waals surface area contributed by atoms with Crippen molar-refractivity contribution in [3.05, 3.63) is 23.8 Å². The third-order valence-corrected chi connectivity index (χ3v) is 7.11. The Kier molecular flexibility index (Phi) is 6.55. The van der Waals surface area contributed by atoms with Crippen molar-refractivity contribution < 1.29 is 13.2 Å². The molecule has 1 amide bonds. The molecule has 1 aromatic carbocycles. The summed E-state index contributed by atoms with van der Waals surface area (Å²) in [6, 6.07) is 5.14. The molecular formula is C20H31N3O3S. The molecule has 0 atom stereocenters. The van der Waals surface area contributed by atoms with Crippen LogP contribution in [0.4, 0.5) is 5.69 Å². The highest BCUT2D eigenvalue weighted by atomic mass is 32.2. The Labute approximate surface area is 163 Å². The van der Waals surface area contributed by atoms with Crippen molar-refractivity contribution in [3.8, 4) is 0 Å². The van der Waals surface area contributed by atoms with Crippen LogP contribution in [0.3, 0.4) is 0 Å². The molecule has 3 rings (SSSR count). The van der Waals surface area contributed by atoms with Crippen molar-refractivity contribution in [1.82, 2.24) is 9.62 Å². The van der Waals surface area contributed by atoms with E-state index in [0.717, 1.165) is 56.3 Å². The predicted octanol–water partition coefficient (Wildman–Crippen LogP) is 2.39. The molecule has 0 aromatic heterocycles. The van der Waals surface area contributed by atoms with E-state index in [-0.39, 0.29) is 16.7 Å². The molecule has 1 saturated carbocycles. The van der Waals surface area contributed by atoms with Crippen LogP contribution in [0.2, 0.25) is 0 Å². The molecule has 2 aliphatic rings. The van der Waals surface area contributed by atoms with E-state index in [0.29, 0.717) is 19.6 Å². The first-order chi connectivity index (χ1) is 12.9. The SMILES string of the molecule is CCCCN(C)CCNS(=O)(=O)c1ccc2c(c1)CCN2C(=O)C1CCC1. The van der Waals surface area contributed by atoms with Crippen LogP contribution in [0.15, 0.2) is 23.1 Å². The summed E-state index contributed by atoms with van der Waals surface area (Å²) in [7, 11) is -1.52. The number of unbranched alkanes of at least 4 members (excludes halogenated alkanes) is 1. The first-order valence-corrected chi connectivity index (χ1v) is 11.5. The first kappa shape index (κ1) is 20.3. The van der Waals surface area contributed by atoms with Crippen LogP contribution in [0.5, 0.6) is 0 Å². The summed E-state index contributed by atoms with van der Waals surface area (Å²) in [6.45, 7) is 4.86. The van der Waals surface area contributed by atoms with Gasteiger partial charge in [-0.05, 0) is 63.0 Å². The van der Waals surface area contributed by atoms with E-state index >= 15 is 0 Å². The van der Waals surface area contributed by atoms with E-state index in [2.05, 4.69) is 16.5 Å². The molecule has 1 heterocycles. The Hall–Kier alpha value is -1.44. The number of benzene rings is 1. The smallest absolute Gasteiger partial charge is 0.240 e. The number of hydrogen-bond acceptors (Lipinski definition) is 4. The predicted molar refractivity (Wildman–Crippen MR) is 107 cm³/mol. The standard InChI is InChI=1S/C20H31N3O3S/c1-3-4-12-22(2)14-11-21-27(25,26)18-8-9-19-17(15-18)10-13-23(19)20(24)16-6-5-7-16/h8-9,15-16,21H,3-7,10-14H2,1-2H3. The van der Waals surface area contributed by atoms with E-state index in [9.17, 15) is 13.2 Å². The average molecular weight is 394 g/mol. The Balaban J connectivity index is 1.61. The second kappa shape index (κ2) is 8.71. The summed E-state index contributed by atoms with van der Waals surface area (Å²) >= 11 is 0. The molecular weight excluding hydrogens is 362 g/mol. The number of carbonyl (C=O) groups is 1. The lowest BCUT2D eigenvalue weighted by molar-refractivity contribution is -0.124. The van der Waals surface area contributed by atoms with Crippen LogP contribution >= 0.6 is 0 Å². The largest absolute Gasteiger partial charge is 0.312 e. The van der Waals surface area contributed by atoms with E-state index in [1.54, 1.807) is 18.2 Å². The van der Waals surface area contributed by atoms with Crippen LogP contribution in [-0.2, 0) is 21.2 Å². The summed E-state index contributed by atoms with van der Waals surface area (Å²) in [5, 5.41) is 0. The Morgan fingerprint density at radius 1 is 1.30 bits per heavy atom. The number of nitrogens with one attached hydrogen (secondary N) is 1. The van der Waals surface area contributed by atoms with Gasteiger partial charge in [-0.25, -0.2) is 13.1 Å². The number of sulfonamides is 1. The quantitative estimate of drug-likeness (QED) is 0.699. The van der Waals surface area contributed by atoms with Crippen molar-refractivity contribution in [2.75, 3.05) is 38.1 Å². The van der Waals surface area contributed by atoms with Crippen molar-refractivity contribution in [2.24, 2.45) is 5.92 Å². The summed E-state index contributed by atoms with van der Waals surface area (Å²) < 4.78 is 27.9. The van der Waals surface area contributed by atoms with Crippen LogP contribution < -0.4 is 9.62 Å². The van der Waals surface area contributed by atoms with E-state index < -0.39 is 10.0 Å². The molecule has 0 bridgehead atoms. The van der Waals surface area contributed by atoms with E-state index in [1.807, 2.05) is 11.9 Å². The Bertz CT molecular complexity index is 775. The minimum absolute atomic E-state index is 0.158. The van der Waals surface area contributed by atoms with Crippen LogP contribution in [0.1, 0.15) is 44.6 Å². The highest BCUT2D eigenvalue weighted by Gasteiger charge is 2.33. The van der Waals surface area contributed by atoms with Gasteiger partial charge in [0, 0.05) is 31.2 Å². The van der Waals surface area contributed by atoms with Gasteiger partial charge < -0.3 is 9.80 Å². The maximum Gasteiger partial charge on any atom is 0.240 e. The molecule has 1 N–H and O–H groups in total. The number of fused-ring (bicyclic) bond motifs is 1. The minimum atomic E-state index is -3.53. The van der Waals surface area contributed by atoms with E-state index in [4.69, 9.17) is 0 Å². The third kappa shape index (κ3) is 4.70. The zero-order valence-corrected chi connectivity index (χ0v) is 17.2. The van der Waals surface area contributed by atoms with Gasteiger partial charge in [0.1, 0.15) is 0 Å². The summed E-state index contributed by atoms with van der Waals surface area (Å²) in [5.74, 6) is 0.356. The fourth-order valence-corrected chi connectivity index (χ4v) is 4.72. The van der Waals surface area contributed by atoms with Crippen molar-refractivity contribution >= 4 is 21.6 Å². The zero-order valence-electron chi connectivity index (χ0n) is 16.4. The van der Waals surface area contributed by atoms with Gasteiger partial charge in [-0.1, -0.05) is 19.8 Å². The third-order valence-electron chi connectivity index (χ3n) is 5.66. The van der Waals surface area contributed by atoms with Gasteiger partial charge in [0.25, 0.3) is 0 Å². The molecule has 7 heteroatoms. The molecule has 27 heavy (non-hydrogen) atoms. The van der Waals surface area contributed by atoms with Gasteiger partial charge >= 0.3 is 0 Å². The van der Waals surface area contributed by atoms with Crippen molar-refractivity contribution in [3.63, 3.8) is 0 Å². The van der Waals surface area contributed by atoms with Gasteiger partial charge in [-0.2, -0.15) is 0 Å². The molecule has 1 aliphatic carbocycles. The highest BCUT2D eigenvalue weighted by Crippen LogP contribution is 2.35. The molecule has 1 fully saturated rings. The lowest BCUT2D eigenvalue weighted by Crippen LogP contribution is -2.37. The number of rotatable bonds is 9. The van der Waals surface area contributed by atoms with Gasteiger partial charge in [0.15, 0.2) is 0 Å². The lowest BCUT2D eigenvalue weighted by atomic mass is 9.84. The second-order valence-electron chi connectivity index (χ2n) is 7.71. The van der Waals surface area contributed by atoms with Gasteiger partial charge in [-0.15, -0.1) is 0 Å². The molecule has 1 aliphatic heterocycles. The fraction of sp³-hybridized carbons (Fsp3) is 0.650. The maximum atomic E-state index is 12.6. The summed E-state index contributed by atoms with van der Waals surface area (Å²) in [5.41, 5.74) is 1.83. The molecule has 150 valence electrons. The number of anilines is 1. The summed E-state index contributed by atoms with van der Waals surface area (Å²) in [6.07, 6.45) is 6.06. The molecule has 6 nitrogen and oxygen atoms in total. The van der Waals surface area contributed by atoms with Gasteiger partial charge in [0.05, 0.1) is 4.90 Å².